The molecule has 1 aromatic rings. The molecule has 1 saturated heterocycles. The van der Waals surface area contributed by atoms with Gasteiger partial charge in [-0.25, -0.2) is 8.42 Å². The Balaban J connectivity index is 2.15. The molecule has 19 heavy (non-hydrogen) atoms. The summed E-state index contributed by atoms with van der Waals surface area (Å²) in [6, 6.07) is 6.53. The van der Waals surface area contributed by atoms with E-state index in [4.69, 9.17) is 9.47 Å². The molecule has 1 heterocycles. The van der Waals surface area contributed by atoms with Crippen molar-refractivity contribution in [3.8, 4) is 5.75 Å². The first kappa shape index (κ1) is 14.3. The van der Waals surface area contributed by atoms with Crippen LogP contribution in [0.5, 0.6) is 5.75 Å². The summed E-state index contributed by atoms with van der Waals surface area (Å²) in [5.41, 5.74) is 0. The largest absolute Gasteiger partial charge is 0.494 e. The average molecular weight is 285 g/mol. The summed E-state index contributed by atoms with van der Waals surface area (Å²) < 4.78 is 36.8. The first-order valence-electron chi connectivity index (χ1n) is 6.33. The third-order valence-corrected chi connectivity index (χ3v) is 5.09. The zero-order chi connectivity index (χ0) is 13.9. The van der Waals surface area contributed by atoms with Crippen LogP contribution in [0.3, 0.4) is 0 Å². The first-order chi connectivity index (χ1) is 9.07. The van der Waals surface area contributed by atoms with Crippen molar-refractivity contribution >= 4 is 10.0 Å². The van der Waals surface area contributed by atoms with Gasteiger partial charge in [0.05, 0.1) is 17.6 Å². The molecular weight excluding hydrogens is 266 g/mol. The Morgan fingerprint density at radius 1 is 1.32 bits per heavy atom. The molecule has 1 fully saturated rings. The van der Waals surface area contributed by atoms with Gasteiger partial charge in [0.1, 0.15) is 5.75 Å². The van der Waals surface area contributed by atoms with E-state index in [9.17, 15) is 8.42 Å². The highest BCUT2D eigenvalue weighted by Gasteiger charge is 2.32. The van der Waals surface area contributed by atoms with Gasteiger partial charge in [-0.1, -0.05) is 0 Å². The van der Waals surface area contributed by atoms with Crippen LogP contribution in [0.25, 0.3) is 0 Å². The van der Waals surface area contributed by atoms with Crippen LogP contribution in [-0.2, 0) is 14.8 Å². The van der Waals surface area contributed by atoms with Crippen LogP contribution >= 0.6 is 0 Å². The topological polar surface area (TPSA) is 55.8 Å². The molecule has 0 radical (unpaired) electrons. The number of hydrogen-bond acceptors (Lipinski definition) is 4. The SMILES string of the molecule is CCOc1ccc(S(=O)(=O)N2CCC(OC)C2)cc1. The Morgan fingerprint density at radius 3 is 2.53 bits per heavy atom. The summed E-state index contributed by atoms with van der Waals surface area (Å²) in [4.78, 5) is 0.299. The van der Waals surface area contributed by atoms with Crippen molar-refractivity contribution in [2.75, 3.05) is 26.8 Å². The summed E-state index contributed by atoms with van der Waals surface area (Å²) >= 11 is 0. The lowest BCUT2D eigenvalue weighted by Crippen LogP contribution is -2.30. The van der Waals surface area contributed by atoms with Gasteiger partial charge in [0.15, 0.2) is 0 Å². The normalized spacial score (nSPS) is 20.6. The van der Waals surface area contributed by atoms with Crippen molar-refractivity contribution in [1.29, 1.82) is 0 Å². The Morgan fingerprint density at radius 2 is 2.00 bits per heavy atom. The van der Waals surface area contributed by atoms with E-state index in [0.717, 1.165) is 6.42 Å². The minimum Gasteiger partial charge on any atom is -0.494 e. The molecule has 1 atom stereocenters. The molecule has 0 bridgehead atoms. The molecule has 1 aliphatic heterocycles. The maximum atomic E-state index is 12.4. The molecule has 0 amide bonds. The summed E-state index contributed by atoms with van der Waals surface area (Å²) in [6.07, 6.45) is 0.740. The fourth-order valence-electron chi connectivity index (χ4n) is 2.13. The van der Waals surface area contributed by atoms with E-state index >= 15 is 0 Å². The van der Waals surface area contributed by atoms with Gasteiger partial charge in [0.25, 0.3) is 0 Å². The Kier molecular flexibility index (Phi) is 4.44. The smallest absolute Gasteiger partial charge is 0.243 e. The van der Waals surface area contributed by atoms with Gasteiger partial charge in [0.2, 0.25) is 10.0 Å². The second kappa shape index (κ2) is 5.90. The molecule has 6 heteroatoms. The molecule has 0 aromatic heterocycles. The Bertz CT molecular complexity index is 512. The van der Waals surface area contributed by atoms with Gasteiger partial charge in [-0.2, -0.15) is 4.31 Å². The summed E-state index contributed by atoms with van der Waals surface area (Å²) in [7, 11) is -1.81. The zero-order valence-corrected chi connectivity index (χ0v) is 12.0. The van der Waals surface area contributed by atoms with Crippen LogP contribution in [0.15, 0.2) is 29.2 Å². The van der Waals surface area contributed by atoms with E-state index in [1.165, 1.54) is 4.31 Å². The predicted octanol–water partition coefficient (Wildman–Crippen LogP) is 1.49. The molecule has 0 saturated carbocycles. The van der Waals surface area contributed by atoms with Gasteiger partial charge >= 0.3 is 0 Å². The fourth-order valence-corrected chi connectivity index (χ4v) is 3.62. The highest BCUT2D eigenvalue weighted by atomic mass is 32.2. The Labute approximate surface area is 114 Å². The molecule has 0 N–H and O–H groups in total. The van der Waals surface area contributed by atoms with Crippen LogP contribution < -0.4 is 4.74 Å². The molecule has 1 aliphatic rings. The molecule has 0 spiro atoms. The second-order valence-corrected chi connectivity index (χ2v) is 6.35. The van der Waals surface area contributed by atoms with E-state index in [2.05, 4.69) is 0 Å². The van der Waals surface area contributed by atoms with Crippen molar-refractivity contribution in [1.82, 2.24) is 4.31 Å². The number of nitrogens with zero attached hydrogens (tertiary/aromatic N) is 1. The maximum Gasteiger partial charge on any atom is 0.243 e. The van der Waals surface area contributed by atoms with E-state index < -0.39 is 10.0 Å². The zero-order valence-electron chi connectivity index (χ0n) is 11.2. The fraction of sp³-hybridized carbons (Fsp3) is 0.538. The number of ether oxygens (including phenoxy) is 2. The number of sulfonamides is 1. The van der Waals surface area contributed by atoms with Gasteiger partial charge in [-0.3, -0.25) is 0 Å². The molecule has 1 aromatic carbocycles. The highest BCUT2D eigenvalue weighted by molar-refractivity contribution is 7.89. The van der Waals surface area contributed by atoms with E-state index in [-0.39, 0.29) is 6.10 Å². The average Bonchev–Trinajstić information content (AvgIpc) is 2.89. The first-order valence-corrected chi connectivity index (χ1v) is 7.77. The maximum absolute atomic E-state index is 12.4. The molecule has 1 unspecified atom stereocenters. The minimum atomic E-state index is -3.42. The van der Waals surface area contributed by atoms with Crippen molar-refractivity contribution in [2.45, 2.75) is 24.3 Å². The third kappa shape index (κ3) is 3.08. The van der Waals surface area contributed by atoms with Crippen LogP contribution in [0.4, 0.5) is 0 Å². The number of methoxy groups -OCH3 is 1. The number of rotatable bonds is 5. The summed E-state index contributed by atoms with van der Waals surface area (Å²) in [5.74, 6) is 0.678. The lowest BCUT2D eigenvalue weighted by Gasteiger charge is -2.16. The second-order valence-electron chi connectivity index (χ2n) is 4.41. The molecular formula is C13H19NO4S. The monoisotopic (exact) mass is 285 g/mol. The lowest BCUT2D eigenvalue weighted by atomic mass is 10.3. The molecule has 2 rings (SSSR count). The van der Waals surface area contributed by atoms with Crippen LogP contribution in [0.2, 0.25) is 0 Å². The summed E-state index contributed by atoms with van der Waals surface area (Å²) in [6.45, 7) is 3.38. The van der Waals surface area contributed by atoms with Gasteiger partial charge in [0, 0.05) is 20.2 Å². The number of benzene rings is 1. The van der Waals surface area contributed by atoms with Crippen molar-refractivity contribution in [3.63, 3.8) is 0 Å². The molecule has 106 valence electrons. The lowest BCUT2D eigenvalue weighted by molar-refractivity contribution is 0.115. The van der Waals surface area contributed by atoms with Gasteiger partial charge < -0.3 is 9.47 Å². The quantitative estimate of drug-likeness (QED) is 0.822. The van der Waals surface area contributed by atoms with Crippen molar-refractivity contribution < 1.29 is 17.9 Å². The van der Waals surface area contributed by atoms with E-state index in [1.54, 1.807) is 31.4 Å². The van der Waals surface area contributed by atoms with Crippen LogP contribution in [0.1, 0.15) is 13.3 Å². The van der Waals surface area contributed by atoms with Crippen molar-refractivity contribution in [3.05, 3.63) is 24.3 Å². The van der Waals surface area contributed by atoms with Gasteiger partial charge in [-0.15, -0.1) is 0 Å². The third-order valence-electron chi connectivity index (χ3n) is 3.21. The van der Waals surface area contributed by atoms with E-state index in [0.29, 0.717) is 30.3 Å². The predicted molar refractivity (Wildman–Crippen MR) is 71.8 cm³/mol. The van der Waals surface area contributed by atoms with Crippen LogP contribution in [0, 0.1) is 0 Å². The summed E-state index contributed by atoms with van der Waals surface area (Å²) in [5, 5.41) is 0. The standard InChI is InChI=1S/C13H19NO4S/c1-3-18-11-4-6-13(7-5-11)19(15,16)14-9-8-12(10-14)17-2/h4-7,12H,3,8-10H2,1-2H3. The Hall–Kier alpha value is -1.11. The minimum absolute atomic E-state index is 0.00234. The van der Waals surface area contributed by atoms with Crippen molar-refractivity contribution in [2.24, 2.45) is 0 Å². The molecule has 5 nitrogen and oxygen atoms in total. The van der Waals surface area contributed by atoms with E-state index in [1.807, 2.05) is 6.92 Å². The highest BCUT2D eigenvalue weighted by Crippen LogP contribution is 2.23. The number of hydrogen-bond donors (Lipinski definition) is 0. The molecule has 0 aliphatic carbocycles. The van der Waals surface area contributed by atoms with Gasteiger partial charge in [-0.05, 0) is 37.6 Å². The van der Waals surface area contributed by atoms with Crippen LogP contribution in [-0.4, -0.2) is 45.6 Å².